The van der Waals surface area contributed by atoms with Crippen LogP contribution < -0.4 is 10.6 Å². The maximum absolute atomic E-state index is 14.3. The molecule has 3 heterocycles. The SMILES string of the molecule is C=CC(=O)N1CCCC(Nc2nc(Nc3ccc4c(c3)CCN(C(=O)O)C4)ncc2F)C1. The van der Waals surface area contributed by atoms with E-state index in [0.29, 0.717) is 32.6 Å². The number of benzene rings is 1. The minimum absolute atomic E-state index is 0.0791. The zero-order chi connectivity index (χ0) is 22.7. The van der Waals surface area contributed by atoms with Crippen molar-refractivity contribution in [2.24, 2.45) is 0 Å². The Balaban J connectivity index is 1.45. The normalized spacial score (nSPS) is 18.0. The summed E-state index contributed by atoms with van der Waals surface area (Å²) in [7, 11) is 0. The summed E-state index contributed by atoms with van der Waals surface area (Å²) in [6.07, 6.45) is 3.70. The number of amides is 2. The minimum Gasteiger partial charge on any atom is -0.465 e. The lowest BCUT2D eigenvalue weighted by Gasteiger charge is -2.32. The number of hydrogen-bond acceptors (Lipinski definition) is 6. The fourth-order valence-electron chi connectivity index (χ4n) is 4.07. The second-order valence-corrected chi connectivity index (χ2v) is 7.92. The van der Waals surface area contributed by atoms with Crippen molar-refractivity contribution in [2.75, 3.05) is 30.3 Å². The molecule has 32 heavy (non-hydrogen) atoms. The first-order valence-corrected chi connectivity index (χ1v) is 10.5. The number of nitrogens with zero attached hydrogens (tertiary/aromatic N) is 4. The van der Waals surface area contributed by atoms with Crippen LogP contribution in [0.5, 0.6) is 0 Å². The van der Waals surface area contributed by atoms with Gasteiger partial charge in [-0.1, -0.05) is 12.6 Å². The number of aromatic nitrogens is 2. The van der Waals surface area contributed by atoms with Crippen LogP contribution in [0.3, 0.4) is 0 Å². The zero-order valence-corrected chi connectivity index (χ0v) is 17.6. The van der Waals surface area contributed by atoms with Gasteiger partial charge in [0, 0.05) is 37.9 Å². The van der Waals surface area contributed by atoms with Gasteiger partial charge < -0.3 is 25.5 Å². The van der Waals surface area contributed by atoms with Gasteiger partial charge in [0.25, 0.3) is 0 Å². The highest BCUT2D eigenvalue weighted by atomic mass is 19.1. The number of carbonyl (C=O) groups excluding carboxylic acids is 1. The quantitative estimate of drug-likeness (QED) is 0.613. The lowest BCUT2D eigenvalue weighted by Crippen LogP contribution is -2.44. The number of halogens is 1. The number of rotatable bonds is 5. The molecule has 1 saturated heterocycles. The highest BCUT2D eigenvalue weighted by molar-refractivity contribution is 5.87. The van der Waals surface area contributed by atoms with Gasteiger partial charge in [-0.25, -0.2) is 14.2 Å². The van der Waals surface area contributed by atoms with Gasteiger partial charge in [-0.05, 0) is 48.6 Å². The standard InChI is InChI=1S/C22H25FN6O3/c1-2-19(30)28-8-3-4-17(13-28)25-20-18(23)11-24-21(27-20)26-16-6-5-15-12-29(22(31)32)9-7-14(15)10-16/h2,5-6,10-11,17H,1,3-4,7-9,12-13H2,(H,31,32)(H2,24,25,26,27). The van der Waals surface area contributed by atoms with Crippen LogP contribution in [0.2, 0.25) is 0 Å². The molecule has 2 aliphatic rings. The lowest BCUT2D eigenvalue weighted by atomic mass is 9.99. The predicted octanol–water partition coefficient (Wildman–Crippen LogP) is 2.98. The largest absolute Gasteiger partial charge is 0.465 e. The number of hydrogen-bond donors (Lipinski definition) is 3. The van der Waals surface area contributed by atoms with Crippen LogP contribution in [0.1, 0.15) is 24.0 Å². The van der Waals surface area contributed by atoms with Crippen LogP contribution in [0, 0.1) is 5.82 Å². The highest BCUT2D eigenvalue weighted by Crippen LogP contribution is 2.25. The number of piperidine rings is 1. The first kappa shape index (κ1) is 21.5. The lowest BCUT2D eigenvalue weighted by molar-refractivity contribution is -0.127. The third-order valence-corrected chi connectivity index (χ3v) is 5.74. The number of likely N-dealkylation sites (tertiary alicyclic amines) is 1. The Morgan fingerprint density at radius 3 is 2.88 bits per heavy atom. The van der Waals surface area contributed by atoms with Gasteiger partial charge in [0.1, 0.15) is 0 Å². The number of anilines is 3. The molecular formula is C22H25FN6O3. The van der Waals surface area contributed by atoms with Crippen molar-refractivity contribution in [2.45, 2.75) is 31.8 Å². The Hall–Kier alpha value is -3.69. The van der Waals surface area contributed by atoms with Gasteiger partial charge in [-0.15, -0.1) is 0 Å². The minimum atomic E-state index is -0.924. The van der Waals surface area contributed by atoms with Gasteiger partial charge in [0.2, 0.25) is 11.9 Å². The average molecular weight is 440 g/mol. The van der Waals surface area contributed by atoms with Crippen LogP contribution in [-0.4, -0.2) is 62.6 Å². The molecule has 0 saturated carbocycles. The predicted molar refractivity (Wildman–Crippen MR) is 117 cm³/mol. The molecule has 1 atom stereocenters. The molecule has 1 aromatic carbocycles. The Morgan fingerprint density at radius 2 is 2.09 bits per heavy atom. The summed E-state index contributed by atoms with van der Waals surface area (Å²) < 4.78 is 14.3. The van der Waals surface area contributed by atoms with Crippen LogP contribution in [0.4, 0.5) is 26.6 Å². The van der Waals surface area contributed by atoms with Crippen molar-refractivity contribution >= 4 is 29.5 Å². The Kier molecular flexibility index (Phi) is 6.20. The van der Waals surface area contributed by atoms with Crippen molar-refractivity contribution in [1.82, 2.24) is 19.8 Å². The van der Waals surface area contributed by atoms with E-state index < -0.39 is 11.9 Å². The van der Waals surface area contributed by atoms with Crippen LogP contribution in [0.25, 0.3) is 0 Å². The second-order valence-electron chi connectivity index (χ2n) is 7.92. The van der Waals surface area contributed by atoms with E-state index in [1.807, 2.05) is 18.2 Å². The average Bonchev–Trinajstić information content (AvgIpc) is 2.80. The topological polar surface area (TPSA) is 111 Å². The number of carboxylic acid groups (broad SMARTS) is 1. The summed E-state index contributed by atoms with van der Waals surface area (Å²) in [6, 6.07) is 5.52. The maximum Gasteiger partial charge on any atom is 0.407 e. The first-order valence-electron chi connectivity index (χ1n) is 10.5. The molecule has 4 rings (SSSR count). The molecule has 1 fully saturated rings. The van der Waals surface area contributed by atoms with Crippen LogP contribution in [0.15, 0.2) is 37.1 Å². The number of fused-ring (bicyclic) bond motifs is 1. The third kappa shape index (κ3) is 4.79. The van der Waals surface area contributed by atoms with Crippen molar-refractivity contribution in [1.29, 1.82) is 0 Å². The van der Waals surface area contributed by atoms with E-state index in [2.05, 4.69) is 27.2 Å². The van der Waals surface area contributed by atoms with E-state index in [0.717, 1.165) is 35.9 Å². The molecule has 0 radical (unpaired) electrons. The molecule has 0 aliphatic carbocycles. The van der Waals surface area contributed by atoms with Crippen molar-refractivity contribution in [3.63, 3.8) is 0 Å². The van der Waals surface area contributed by atoms with E-state index in [1.54, 1.807) is 4.90 Å². The summed E-state index contributed by atoms with van der Waals surface area (Å²) in [5.41, 5.74) is 2.76. The Labute approximate surface area is 185 Å². The molecule has 1 aromatic heterocycles. The molecule has 168 valence electrons. The number of carbonyl (C=O) groups is 2. The summed E-state index contributed by atoms with van der Waals surface area (Å²) >= 11 is 0. The molecule has 2 aliphatic heterocycles. The molecule has 1 unspecified atom stereocenters. The van der Waals surface area contributed by atoms with Gasteiger partial charge in [-0.2, -0.15) is 4.98 Å². The van der Waals surface area contributed by atoms with Crippen LogP contribution >= 0.6 is 0 Å². The molecule has 2 aromatic rings. The Bertz CT molecular complexity index is 1050. The summed E-state index contributed by atoms with van der Waals surface area (Å²) in [6.45, 7) is 5.43. The highest BCUT2D eigenvalue weighted by Gasteiger charge is 2.24. The first-order chi connectivity index (χ1) is 15.4. The van der Waals surface area contributed by atoms with E-state index in [9.17, 15) is 19.1 Å². The van der Waals surface area contributed by atoms with Crippen molar-refractivity contribution < 1.29 is 19.1 Å². The summed E-state index contributed by atoms with van der Waals surface area (Å²) in [5, 5.41) is 15.4. The van der Waals surface area contributed by atoms with E-state index in [1.165, 1.54) is 11.0 Å². The second kappa shape index (κ2) is 9.21. The van der Waals surface area contributed by atoms with Crippen molar-refractivity contribution in [3.8, 4) is 0 Å². The fourth-order valence-corrected chi connectivity index (χ4v) is 4.07. The molecule has 10 heteroatoms. The maximum atomic E-state index is 14.3. The van der Waals surface area contributed by atoms with Gasteiger partial charge in [0.15, 0.2) is 11.6 Å². The molecule has 3 N–H and O–H groups in total. The number of nitrogens with one attached hydrogen (secondary N) is 2. The van der Waals surface area contributed by atoms with Crippen LogP contribution in [-0.2, 0) is 17.8 Å². The van der Waals surface area contributed by atoms with E-state index in [4.69, 9.17) is 0 Å². The fraction of sp³-hybridized carbons (Fsp3) is 0.364. The summed E-state index contributed by atoms with van der Waals surface area (Å²) in [5.74, 6) is -0.384. The van der Waals surface area contributed by atoms with Crippen molar-refractivity contribution in [3.05, 3.63) is 54.0 Å². The molecule has 0 spiro atoms. The Morgan fingerprint density at radius 1 is 1.25 bits per heavy atom. The third-order valence-electron chi connectivity index (χ3n) is 5.74. The molecule has 0 bridgehead atoms. The smallest absolute Gasteiger partial charge is 0.407 e. The molecule has 9 nitrogen and oxygen atoms in total. The van der Waals surface area contributed by atoms with E-state index >= 15 is 0 Å². The zero-order valence-electron chi connectivity index (χ0n) is 17.6. The molecule has 2 amide bonds. The molecular weight excluding hydrogens is 415 g/mol. The monoisotopic (exact) mass is 440 g/mol. The van der Waals surface area contributed by atoms with Gasteiger partial charge in [-0.3, -0.25) is 4.79 Å². The van der Waals surface area contributed by atoms with Gasteiger partial charge >= 0.3 is 6.09 Å². The van der Waals surface area contributed by atoms with E-state index in [-0.39, 0.29) is 23.7 Å². The van der Waals surface area contributed by atoms with Gasteiger partial charge in [0.05, 0.1) is 6.20 Å². The summed E-state index contributed by atoms with van der Waals surface area (Å²) in [4.78, 5) is 34.4.